The second-order valence-corrected chi connectivity index (χ2v) is 8.53. The highest BCUT2D eigenvalue weighted by Gasteiger charge is 2.30. The van der Waals surface area contributed by atoms with E-state index in [1.165, 1.54) is 6.92 Å². The summed E-state index contributed by atoms with van der Waals surface area (Å²) in [7, 11) is -3.52. The van der Waals surface area contributed by atoms with Gasteiger partial charge >= 0.3 is 0 Å². The minimum absolute atomic E-state index is 0.137. The number of amides is 2. The average molecular weight is 340 g/mol. The first-order valence-electron chi connectivity index (χ1n) is 7.53. The number of hydrogen-bond donors (Lipinski definition) is 2. The molecule has 0 heterocycles. The smallest absolute Gasteiger partial charge is 0.242 e. The standard InChI is InChI=1S/C16H24N2O4S/c1-6-15(19)17-13-8-7-11(4)14(9-13)18-16(20)12(5)23(21,22)10(2)3/h7-10,12H,6H2,1-5H3,(H,17,19)(H,18,20). The van der Waals surface area contributed by atoms with E-state index in [4.69, 9.17) is 0 Å². The molecule has 2 N–H and O–H groups in total. The summed E-state index contributed by atoms with van der Waals surface area (Å²) >= 11 is 0. The fraction of sp³-hybridized carbons (Fsp3) is 0.500. The van der Waals surface area contributed by atoms with E-state index in [-0.39, 0.29) is 5.91 Å². The maximum atomic E-state index is 12.2. The molecule has 0 aliphatic heterocycles. The van der Waals surface area contributed by atoms with Crippen LogP contribution in [0.25, 0.3) is 0 Å². The maximum absolute atomic E-state index is 12.2. The number of anilines is 2. The maximum Gasteiger partial charge on any atom is 0.242 e. The van der Waals surface area contributed by atoms with Gasteiger partial charge in [0.2, 0.25) is 11.8 Å². The van der Waals surface area contributed by atoms with Crippen molar-refractivity contribution in [3.05, 3.63) is 23.8 Å². The minimum Gasteiger partial charge on any atom is -0.326 e. The molecule has 0 fully saturated rings. The van der Waals surface area contributed by atoms with E-state index in [1.807, 2.05) is 0 Å². The molecule has 0 aromatic heterocycles. The monoisotopic (exact) mass is 340 g/mol. The van der Waals surface area contributed by atoms with Crippen LogP contribution in [0.1, 0.15) is 39.7 Å². The molecule has 2 amide bonds. The van der Waals surface area contributed by atoms with Crippen LogP contribution in [0.5, 0.6) is 0 Å². The molecule has 128 valence electrons. The molecule has 1 aromatic rings. The molecule has 0 radical (unpaired) electrons. The van der Waals surface area contributed by atoms with Crippen LogP contribution < -0.4 is 10.6 Å². The van der Waals surface area contributed by atoms with Gasteiger partial charge in [-0.3, -0.25) is 9.59 Å². The summed E-state index contributed by atoms with van der Waals surface area (Å²) in [5, 5.41) is 3.57. The summed E-state index contributed by atoms with van der Waals surface area (Å²) in [6, 6.07) is 5.10. The van der Waals surface area contributed by atoms with Gasteiger partial charge in [-0.05, 0) is 45.4 Å². The van der Waals surface area contributed by atoms with Crippen molar-refractivity contribution in [3.8, 4) is 0 Å². The molecule has 1 atom stereocenters. The highest BCUT2D eigenvalue weighted by molar-refractivity contribution is 7.93. The first-order chi connectivity index (χ1) is 10.6. The Morgan fingerprint density at radius 3 is 2.26 bits per heavy atom. The molecule has 0 aliphatic carbocycles. The Kier molecular flexibility index (Phi) is 6.32. The number of benzene rings is 1. The van der Waals surface area contributed by atoms with E-state index in [1.54, 1.807) is 45.9 Å². The van der Waals surface area contributed by atoms with Crippen molar-refractivity contribution < 1.29 is 18.0 Å². The van der Waals surface area contributed by atoms with E-state index in [2.05, 4.69) is 10.6 Å². The van der Waals surface area contributed by atoms with Crippen molar-refractivity contribution in [2.75, 3.05) is 10.6 Å². The molecule has 0 saturated carbocycles. The van der Waals surface area contributed by atoms with Crippen LogP contribution in [0.15, 0.2) is 18.2 Å². The van der Waals surface area contributed by atoms with Crippen molar-refractivity contribution in [3.63, 3.8) is 0 Å². The molecule has 23 heavy (non-hydrogen) atoms. The first kappa shape index (κ1) is 19.2. The lowest BCUT2D eigenvalue weighted by Crippen LogP contribution is -2.36. The normalized spacial score (nSPS) is 12.8. The lowest BCUT2D eigenvalue weighted by atomic mass is 10.1. The predicted molar refractivity (Wildman–Crippen MR) is 92.2 cm³/mol. The molecule has 1 unspecified atom stereocenters. The second-order valence-electron chi connectivity index (χ2n) is 5.70. The summed E-state index contributed by atoms with van der Waals surface area (Å²) < 4.78 is 24.2. The Balaban J connectivity index is 2.98. The summed E-state index contributed by atoms with van der Waals surface area (Å²) in [5.41, 5.74) is 1.81. The SMILES string of the molecule is CCC(=O)Nc1ccc(C)c(NC(=O)C(C)S(=O)(=O)C(C)C)c1. The van der Waals surface area contributed by atoms with Crippen LogP contribution in [0.2, 0.25) is 0 Å². The Morgan fingerprint density at radius 1 is 1.13 bits per heavy atom. The quantitative estimate of drug-likeness (QED) is 0.832. The molecular formula is C16H24N2O4S. The number of aryl methyl sites for hydroxylation is 1. The fourth-order valence-electron chi connectivity index (χ4n) is 1.88. The molecule has 0 saturated heterocycles. The van der Waals surface area contributed by atoms with Crippen molar-refractivity contribution in [2.24, 2.45) is 0 Å². The average Bonchev–Trinajstić information content (AvgIpc) is 2.49. The topological polar surface area (TPSA) is 92.3 Å². The minimum atomic E-state index is -3.52. The summed E-state index contributed by atoms with van der Waals surface area (Å²) in [5.74, 6) is -0.720. The van der Waals surface area contributed by atoms with Gasteiger partial charge in [0.15, 0.2) is 9.84 Å². The molecule has 1 rings (SSSR count). The third kappa shape index (κ3) is 4.79. The van der Waals surface area contributed by atoms with E-state index >= 15 is 0 Å². The van der Waals surface area contributed by atoms with Crippen LogP contribution >= 0.6 is 0 Å². The zero-order chi connectivity index (χ0) is 17.8. The predicted octanol–water partition coefficient (Wildman–Crippen LogP) is 2.49. The van der Waals surface area contributed by atoms with Crippen LogP contribution in [-0.2, 0) is 19.4 Å². The van der Waals surface area contributed by atoms with Gasteiger partial charge in [0.05, 0.1) is 5.25 Å². The van der Waals surface area contributed by atoms with Crippen LogP contribution in [0, 0.1) is 6.92 Å². The van der Waals surface area contributed by atoms with Gasteiger partial charge in [-0.25, -0.2) is 8.42 Å². The Morgan fingerprint density at radius 2 is 1.74 bits per heavy atom. The summed E-state index contributed by atoms with van der Waals surface area (Å²) in [6.45, 7) is 8.01. The van der Waals surface area contributed by atoms with Gasteiger partial charge in [0, 0.05) is 17.8 Å². The number of rotatable bonds is 6. The molecule has 7 heteroatoms. The van der Waals surface area contributed by atoms with Crippen LogP contribution in [0.3, 0.4) is 0 Å². The number of carbonyl (C=O) groups excluding carboxylic acids is 2. The van der Waals surface area contributed by atoms with Gasteiger partial charge in [-0.1, -0.05) is 13.0 Å². The third-order valence-corrected chi connectivity index (χ3v) is 6.13. The van der Waals surface area contributed by atoms with E-state index < -0.39 is 26.2 Å². The molecular weight excluding hydrogens is 316 g/mol. The highest BCUT2D eigenvalue weighted by Crippen LogP contribution is 2.21. The van der Waals surface area contributed by atoms with Crippen LogP contribution in [-0.4, -0.2) is 30.7 Å². The number of hydrogen-bond acceptors (Lipinski definition) is 4. The number of carbonyl (C=O) groups is 2. The molecule has 6 nitrogen and oxygen atoms in total. The fourth-order valence-corrected chi connectivity index (χ4v) is 3.05. The third-order valence-electron chi connectivity index (χ3n) is 3.62. The number of sulfone groups is 1. The van der Waals surface area contributed by atoms with Crippen molar-refractivity contribution in [1.29, 1.82) is 0 Å². The zero-order valence-corrected chi connectivity index (χ0v) is 15.0. The van der Waals surface area contributed by atoms with Gasteiger partial charge < -0.3 is 10.6 Å². The Labute approximate surface area is 137 Å². The van der Waals surface area contributed by atoms with Gasteiger partial charge in [-0.2, -0.15) is 0 Å². The van der Waals surface area contributed by atoms with Crippen molar-refractivity contribution in [1.82, 2.24) is 0 Å². The zero-order valence-electron chi connectivity index (χ0n) is 14.1. The highest BCUT2D eigenvalue weighted by atomic mass is 32.2. The summed E-state index contributed by atoms with van der Waals surface area (Å²) in [6.07, 6.45) is 0.346. The van der Waals surface area contributed by atoms with E-state index in [9.17, 15) is 18.0 Å². The second kappa shape index (κ2) is 7.59. The molecule has 0 aliphatic rings. The summed E-state index contributed by atoms with van der Waals surface area (Å²) in [4.78, 5) is 23.7. The van der Waals surface area contributed by atoms with Gasteiger partial charge in [-0.15, -0.1) is 0 Å². The lowest BCUT2D eigenvalue weighted by Gasteiger charge is -2.17. The van der Waals surface area contributed by atoms with Gasteiger partial charge in [0.1, 0.15) is 5.25 Å². The molecule has 1 aromatic carbocycles. The molecule has 0 spiro atoms. The van der Waals surface area contributed by atoms with Crippen LogP contribution in [0.4, 0.5) is 11.4 Å². The first-order valence-corrected chi connectivity index (χ1v) is 9.14. The Bertz CT molecular complexity index is 696. The van der Waals surface area contributed by atoms with E-state index in [0.29, 0.717) is 17.8 Å². The van der Waals surface area contributed by atoms with Crippen molar-refractivity contribution in [2.45, 2.75) is 51.5 Å². The van der Waals surface area contributed by atoms with E-state index in [0.717, 1.165) is 5.56 Å². The molecule has 0 bridgehead atoms. The Hall–Kier alpha value is -1.89. The lowest BCUT2D eigenvalue weighted by molar-refractivity contribution is -0.116. The largest absolute Gasteiger partial charge is 0.326 e. The van der Waals surface area contributed by atoms with Crippen molar-refractivity contribution >= 4 is 33.0 Å². The van der Waals surface area contributed by atoms with Gasteiger partial charge in [0.25, 0.3) is 0 Å². The number of nitrogens with one attached hydrogen (secondary N) is 2.